The zero-order chi connectivity index (χ0) is 16.8. The highest BCUT2D eigenvalue weighted by molar-refractivity contribution is 5.84. The van der Waals surface area contributed by atoms with Gasteiger partial charge in [0.25, 0.3) is 0 Å². The minimum absolute atomic E-state index is 0.165. The van der Waals surface area contributed by atoms with Crippen molar-refractivity contribution in [3.05, 3.63) is 0 Å². The summed E-state index contributed by atoms with van der Waals surface area (Å²) < 4.78 is 0. The largest absolute Gasteiger partial charge is 0.353 e. The molecule has 0 aromatic rings. The molecule has 2 unspecified atom stereocenters. The molecule has 1 N–H and O–H groups in total. The first-order valence-electron chi connectivity index (χ1n) is 9.46. The van der Waals surface area contributed by atoms with Gasteiger partial charge < -0.3 is 5.32 Å². The molecule has 0 radical (unpaired) electrons. The van der Waals surface area contributed by atoms with Gasteiger partial charge in [0.15, 0.2) is 0 Å². The lowest BCUT2D eigenvalue weighted by atomic mass is 9.69. The van der Waals surface area contributed by atoms with Crippen molar-refractivity contribution in [3.8, 4) is 0 Å². The van der Waals surface area contributed by atoms with Gasteiger partial charge in [0, 0.05) is 25.2 Å². The standard InChI is InChI=1S/C19H38N2O/c1-7-10-12-16(6)21-13-19(14-21,15(4)5)18(22)20-17(9-3)11-8-2/h15-17H,7-14H2,1-6H3,(H,20,22). The number of carbonyl (C=O) groups excluding carboxylic acids is 1. The maximum Gasteiger partial charge on any atom is 0.229 e. The van der Waals surface area contributed by atoms with Crippen molar-refractivity contribution < 1.29 is 4.79 Å². The fourth-order valence-corrected chi connectivity index (χ4v) is 3.50. The molecule has 0 aliphatic carbocycles. The van der Waals surface area contributed by atoms with E-state index in [9.17, 15) is 4.79 Å². The van der Waals surface area contributed by atoms with Crippen molar-refractivity contribution in [3.63, 3.8) is 0 Å². The number of likely N-dealkylation sites (tertiary alicyclic amines) is 1. The normalized spacial score (nSPS) is 20.5. The molecular formula is C19H38N2O. The fraction of sp³-hybridized carbons (Fsp3) is 0.947. The van der Waals surface area contributed by atoms with Gasteiger partial charge in [-0.2, -0.15) is 0 Å². The lowest BCUT2D eigenvalue weighted by Crippen LogP contribution is -2.68. The van der Waals surface area contributed by atoms with Crippen molar-refractivity contribution in [2.45, 2.75) is 92.2 Å². The summed E-state index contributed by atoms with van der Waals surface area (Å²) in [5.74, 6) is 0.697. The van der Waals surface area contributed by atoms with E-state index in [2.05, 4.69) is 51.8 Å². The van der Waals surface area contributed by atoms with Crippen LogP contribution in [-0.2, 0) is 4.79 Å². The predicted molar refractivity (Wildman–Crippen MR) is 95.0 cm³/mol. The van der Waals surface area contributed by atoms with Crippen LogP contribution in [0.25, 0.3) is 0 Å². The van der Waals surface area contributed by atoms with E-state index in [4.69, 9.17) is 0 Å². The van der Waals surface area contributed by atoms with Gasteiger partial charge in [-0.3, -0.25) is 9.69 Å². The van der Waals surface area contributed by atoms with Crippen LogP contribution in [0.3, 0.4) is 0 Å². The van der Waals surface area contributed by atoms with Gasteiger partial charge in [-0.05, 0) is 32.1 Å². The second kappa shape index (κ2) is 8.90. The third-order valence-electron chi connectivity index (χ3n) is 5.59. The number of hydrogen-bond donors (Lipinski definition) is 1. The third kappa shape index (κ3) is 4.47. The van der Waals surface area contributed by atoms with Crippen LogP contribution in [0.15, 0.2) is 0 Å². The van der Waals surface area contributed by atoms with Crippen LogP contribution in [0.1, 0.15) is 80.1 Å². The van der Waals surface area contributed by atoms with E-state index in [1.54, 1.807) is 0 Å². The van der Waals surface area contributed by atoms with Gasteiger partial charge in [0.1, 0.15) is 0 Å². The summed E-state index contributed by atoms with van der Waals surface area (Å²) in [5, 5.41) is 3.33. The molecule has 0 aromatic carbocycles. The average Bonchev–Trinajstić information content (AvgIpc) is 2.42. The van der Waals surface area contributed by atoms with E-state index in [0.717, 1.165) is 32.4 Å². The van der Waals surface area contributed by atoms with Crippen LogP contribution in [0, 0.1) is 11.3 Å². The van der Waals surface area contributed by atoms with E-state index in [1.165, 1.54) is 19.3 Å². The highest BCUT2D eigenvalue weighted by atomic mass is 16.2. The van der Waals surface area contributed by atoms with Crippen LogP contribution in [-0.4, -0.2) is 36.0 Å². The minimum atomic E-state index is -0.165. The number of unbranched alkanes of at least 4 members (excludes halogenated alkanes) is 1. The smallest absolute Gasteiger partial charge is 0.229 e. The van der Waals surface area contributed by atoms with E-state index >= 15 is 0 Å². The zero-order valence-corrected chi connectivity index (χ0v) is 15.7. The zero-order valence-electron chi connectivity index (χ0n) is 15.7. The SMILES string of the molecule is CCCCC(C)N1CC(C(=O)NC(CC)CCC)(C(C)C)C1. The molecular weight excluding hydrogens is 272 g/mol. The van der Waals surface area contributed by atoms with E-state index in [0.29, 0.717) is 23.9 Å². The summed E-state index contributed by atoms with van der Waals surface area (Å²) >= 11 is 0. The second-order valence-corrected chi connectivity index (χ2v) is 7.57. The number of amides is 1. The molecule has 1 aliphatic heterocycles. The molecule has 0 bridgehead atoms. The number of carbonyl (C=O) groups is 1. The first-order valence-corrected chi connectivity index (χ1v) is 9.46. The Kier molecular flexibility index (Phi) is 7.88. The van der Waals surface area contributed by atoms with Crippen molar-refractivity contribution in [2.75, 3.05) is 13.1 Å². The number of hydrogen-bond acceptors (Lipinski definition) is 2. The van der Waals surface area contributed by atoms with Crippen molar-refractivity contribution >= 4 is 5.91 Å². The predicted octanol–water partition coefficient (Wildman–Crippen LogP) is 4.22. The van der Waals surface area contributed by atoms with Gasteiger partial charge in [-0.15, -0.1) is 0 Å². The highest BCUT2D eigenvalue weighted by Crippen LogP contribution is 2.40. The maximum atomic E-state index is 12.9. The molecule has 0 spiro atoms. The van der Waals surface area contributed by atoms with Crippen LogP contribution in [0.2, 0.25) is 0 Å². The van der Waals surface area contributed by atoms with Gasteiger partial charge >= 0.3 is 0 Å². The number of nitrogens with one attached hydrogen (secondary N) is 1. The monoisotopic (exact) mass is 310 g/mol. The molecule has 22 heavy (non-hydrogen) atoms. The van der Waals surface area contributed by atoms with E-state index < -0.39 is 0 Å². The Morgan fingerprint density at radius 1 is 1.09 bits per heavy atom. The van der Waals surface area contributed by atoms with Gasteiger partial charge in [0.2, 0.25) is 5.91 Å². The Morgan fingerprint density at radius 3 is 2.18 bits per heavy atom. The van der Waals surface area contributed by atoms with E-state index in [-0.39, 0.29) is 5.41 Å². The van der Waals surface area contributed by atoms with Gasteiger partial charge in [-0.1, -0.05) is 53.9 Å². The minimum Gasteiger partial charge on any atom is -0.353 e. The molecule has 130 valence electrons. The van der Waals surface area contributed by atoms with Crippen molar-refractivity contribution in [1.82, 2.24) is 10.2 Å². The van der Waals surface area contributed by atoms with E-state index in [1.807, 2.05) is 0 Å². The molecule has 3 nitrogen and oxygen atoms in total. The van der Waals surface area contributed by atoms with Crippen LogP contribution < -0.4 is 5.32 Å². The Morgan fingerprint density at radius 2 is 1.73 bits per heavy atom. The summed E-state index contributed by atoms with van der Waals surface area (Å²) in [6.07, 6.45) is 7.04. The molecule has 1 fully saturated rings. The van der Waals surface area contributed by atoms with Crippen LogP contribution in [0.5, 0.6) is 0 Å². The molecule has 1 rings (SSSR count). The topological polar surface area (TPSA) is 32.3 Å². The van der Waals surface area contributed by atoms with Gasteiger partial charge in [0.05, 0.1) is 5.41 Å². The summed E-state index contributed by atoms with van der Waals surface area (Å²) in [5.41, 5.74) is -0.165. The Labute approximate surface area is 138 Å². The second-order valence-electron chi connectivity index (χ2n) is 7.57. The quantitative estimate of drug-likeness (QED) is 0.655. The molecule has 3 heteroatoms. The maximum absolute atomic E-state index is 12.9. The summed E-state index contributed by atoms with van der Waals surface area (Å²) in [4.78, 5) is 15.4. The molecule has 0 aromatic heterocycles. The fourth-order valence-electron chi connectivity index (χ4n) is 3.50. The first kappa shape index (κ1) is 19.5. The Hall–Kier alpha value is -0.570. The molecule has 1 saturated heterocycles. The molecule has 1 amide bonds. The van der Waals surface area contributed by atoms with Crippen molar-refractivity contribution in [1.29, 1.82) is 0 Å². The number of nitrogens with zero attached hydrogens (tertiary/aromatic N) is 1. The Balaban J connectivity index is 2.62. The Bertz CT molecular complexity index is 334. The molecule has 0 saturated carbocycles. The molecule has 1 aliphatic rings. The van der Waals surface area contributed by atoms with Gasteiger partial charge in [-0.25, -0.2) is 0 Å². The van der Waals surface area contributed by atoms with Crippen LogP contribution >= 0.6 is 0 Å². The average molecular weight is 311 g/mol. The summed E-state index contributed by atoms with van der Waals surface area (Å²) in [6, 6.07) is 0.955. The van der Waals surface area contributed by atoms with Crippen molar-refractivity contribution in [2.24, 2.45) is 11.3 Å². The third-order valence-corrected chi connectivity index (χ3v) is 5.59. The first-order chi connectivity index (χ1) is 10.4. The summed E-state index contributed by atoms with van der Waals surface area (Å²) in [7, 11) is 0. The lowest BCUT2D eigenvalue weighted by Gasteiger charge is -2.54. The number of rotatable bonds is 10. The highest BCUT2D eigenvalue weighted by Gasteiger charge is 2.52. The summed E-state index contributed by atoms with van der Waals surface area (Å²) in [6.45, 7) is 15.2. The molecule has 2 atom stereocenters. The molecule has 1 heterocycles. The lowest BCUT2D eigenvalue weighted by molar-refractivity contribution is -0.151. The van der Waals surface area contributed by atoms with Crippen LogP contribution in [0.4, 0.5) is 0 Å².